The van der Waals surface area contributed by atoms with Gasteiger partial charge in [0.25, 0.3) is 0 Å². The molecule has 1 saturated heterocycles. The summed E-state index contributed by atoms with van der Waals surface area (Å²) in [6.07, 6.45) is -0.603. The fraction of sp³-hybridized carbons (Fsp3) is 0.333. The zero-order valence-electron chi connectivity index (χ0n) is 11.7. The largest absolute Gasteiger partial charge is 0.445 e. The van der Waals surface area contributed by atoms with Gasteiger partial charge in [0.1, 0.15) is 0 Å². The molecule has 22 heavy (non-hydrogen) atoms. The third-order valence-corrected chi connectivity index (χ3v) is 4.53. The molecule has 0 amide bonds. The van der Waals surface area contributed by atoms with Gasteiger partial charge in [-0.05, 0) is 18.4 Å². The van der Waals surface area contributed by atoms with E-state index < -0.39 is 11.2 Å². The Kier molecular flexibility index (Phi) is 4.15. The number of hydrogen-bond donors (Lipinski definition) is 0. The molecule has 116 valence electrons. The van der Waals surface area contributed by atoms with Crippen LogP contribution in [0.25, 0.3) is 6.08 Å². The van der Waals surface area contributed by atoms with Crippen molar-refractivity contribution in [3.05, 3.63) is 46.5 Å². The van der Waals surface area contributed by atoms with Crippen LogP contribution in [-0.4, -0.2) is 23.3 Å². The molecule has 0 bridgehead atoms. The monoisotopic (exact) mass is 325 g/mol. The molecule has 2 heterocycles. The minimum atomic E-state index is -4.41. The van der Waals surface area contributed by atoms with Crippen molar-refractivity contribution in [2.24, 2.45) is 0 Å². The molecule has 1 aromatic carbocycles. The summed E-state index contributed by atoms with van der Waals surface area (Å²) in [4.78, 5) is 1.87. The minimum Gasteiger partial charge on any atom is -0.346 e. The van der Waals surface area contributed by atoms with Crippen molar-refractivity contribution >= 4 is 22.5 Å². The van der Waals surface area contributed by atoms with Gasteiger partial charge >= 0.3 is 6.18 Å². The highest BCUT2D eigenvalue weighted by atomic mass is 32.1. The van der Waals surface area contributed by atoms with E-state index in [1.54, 1.807) is 0 Å². The van der Waals surface area contributed by atoms with Gasteiger partial charge in [0.15, 0.2) is 0 Å². The van der Waals surface area contributed by atoms with E-state index in [-0.39, 0.29) is 0 Å². The molecule has 1 aromatic heterocycles. The quantitative estimate of drug-likeness (QED) is 0.827. The molecule has 0 spiro atoms. The number of aromatic nitrogens is 2. The molecule has 3 nitrogen and oxygen atoms in total. The maximum atomic E-state index is 12.6. The van der Waals surface area contributed by atoms with Crippen LogP contribution in [0.1, 0.15) is 23.4 Å². The standard InChI is InChI=1S/C15H14F3N3S/c16-15(17,18)13-19-20-14(22-13)21-8-6-12(7-9-21)10-11-4-2-1-3-5-11/h1-5,10H,6-9H2. The van der Waals surface area contributed by atoms with Crippen LogP contribution in [-0.2, 0) is 6.18 Å². The average Bonchev–Trinajstić information content (AvgIpc) is 2.99. The molecule has 1 fully saturated rings. The van der Waals surface area contributed by atoms with Crippen LogP contribution in [0.15, 0.2) is 35.9 Å². The van der Waals surface area contributed by atoms with Gasteiger partial charge in [-0.25, -0.2) is 0 Å². The number of piperidine rings is 1. The zero-order chi connectivity index (χ0) is 15.6. The molecule has 0 radical (unpaired) electrons. The summed E-state index contributed by atoms with van der Waals surface area (Å²) in [5.74, 6) is 0. The van der Waals surface area contributed by atoms with Crippen LogP contribution in [0.3, 0.4) is 0 Å². The number of alkyl halides is 3. The third-order valence-electron chi connectivity index (χ3n) is 3.50. The number of halogens is 3. The Bertz CT molecular complexity index is 654. The lowest BCUT2D eigenvalue weighted by atomic mass is 10.0. The molecule has 0 N–H and O–H groups in total. The second kappa shape index (κ2) is 6.08. The van der Waals surface area contributed by atoms with Gasteiger partial charge in [0.05, 0.1) is 0 Å². The molecule has 3 rings (SSSR count). The number of benzene rings is 1. The van der Waals surface area contributed by atoms with Crippen LogP contribution >= 0.6 is 11.3 Å². The molecule has 0 unspecified atom stereocenters. The van der Waals surface area contributed by atoms with E-state index in [0.717, 1.165) is 18.4 Å². The zero-order valence-corrected chi connectivity index (χ0v) is 12.5. The predicted octanol–water partition coefficient (Wildman–Crippen LogP) is 4.24. The highest BCUT2D eigenvalue weighted by molar-refractivity contribution is 7.15. The van der Waals surface area contributed by atoms with E-state index in [1.807, 2.05) is 35.2 Å². The number of rotatable bonds is 2. The Morgan fingerprint density at radius 2 is 1.73 bits per heavy atom. The van der Waals surface area contributed by atoms with E-state index in [2.05, 4.69) is 16.3 Å². The summed E-state index contributed by atoms with van der Waals surface area (Å²) in [6, 6.07) is 10.0. The smallest absolute Gasteiger partial charge is 0.346 e. The summed E-state index contributed by atoms with van der Waals surface area (Å²) in [7, 11) is 0. The molecule has 0 aliphatic carbocycles. The van der Waals surface area contributed by atoms with Crippen LogP contribution < -0.4 is 4.90 Å². The Balaban J connectivity index is 1.65. The van der Waals surface area contributed by atoms with E-state index in [0.29, 0.717) is 29.6 Å². The van der Waals surface area contributed by atoms with Crippen LogP contribution in [0.4, 0.5) is 18.3 Å². The van der Waals surface area contributed by atoms with Crippen LogP contribution in [0.2, 0.25) is 0 Å². The normalized spacial score (nSPS) is 16.0. The van der Waals surface area contributed by atoms with Crippen molar-refractivity contribution in [3.63, 3.8) is 0 Å². The average molecular weight is 325 g/mol. The Labute approximate surface area is 130 Å². The van der Waals surface area contributed by atoms with Gasteiger partial charge in [-0.3, -0.25) is 0 Å². The molecule has 1 aliphatic heterocycles. The fourth-order valence-corrected chi connectivity index (χ4v) is 3.14. The van der Waals surface area contributed by atoms with E-state index in [4.69, 9.17) is 0 Å². The Hall–Kier alpha value is -1.89. The van der Waals surface area contributed by atoms with Gasteiger partial charge in [-0.1, -0.05) is 53.3 Å². The van der Waals surface area contributed by atoms with Crippen molar-refractivity contribution < 1.29 is 13.2 Å². The van der Waals surface area contributed by atoms with Crippen molar-refractivity contribution in [2.45, 2.75) is 19.0 Å². The first-order chi connectivity index (χ1) is 10.5. The lowest BCUT2D eigenvalue weighted by Gasteiger charge is -2.27. The SMILES string of the molecule is FC(F)(F)c1nnc(N2CCC(=Cc3ccccc3)CC2)s1. The highest BCUT2D eigenvalue weighted by Crippen LogP contribution is 2.35. The summed E-state index contributed by atoms with van der Waals surface area (Å²) < 4.78 is 37.7. The molecule has 1 aliphatic rings. The third kappa shape index (κ3) is 3.47. The summed E-state index contributed by atoms with van der Waals surface area (Å²) in [5, 5.41) is 6.38. The number of nitrogens with zero attached hydrogens (tertiary/aromatic N) is 3. The van der Waals surface area contributed by atoms with Crippen molar-refractivity contribution in [3.8, 4) is 0 Å². The minimum absolute atomic E-state index is 0.353. The second-order valence-corrected chi connectivity index (χ2v) is 6.04. The van der Waals surface area contributed by atoms with Crippen molar-refractivity contribution in [1.29, 1.82) is 0 Å². The molecule has 2 aromatic rings. The van der Waals surface area contributed by atoms with Gasteiger partial charge in [0, 0.05) is 13.1 Å². The van der Waals surface area contributed by atoms with Crippen molar-refractivity contribution in [2.75, 3.05) is 18.0 Å². The fourth-order valence-electron chi connectivity index (χ4n) is 2.37. The lowest BCUT2D eigenvalue weighted by Crippen LogP contribution is -2.30. The Morgan fingerprint density at radius 3 is 2.32 bits per heavy atom. The van der Waals surface area contributed by atoms with Gasteiger partial charge in [-0.15, -0.1) is 10.2 Å². The summed E-state index contributed by atoms with van der Waals surface area (Å²) in [5.41, 5.74) is 2.46. The molecule has 0 saturated carbocycles. The highest BCUT2D eigenvalue weighted by Gasteiger charge is 2.36. The van der Waals surface area contributed by atoms with Gasteiger partial charge < -0.3 is 4.90 Å². The molecule has 7 heteroatoms. The Morgan fingerprint density at radius 1 is 1.05 bits per heavy atom. The van der Waals surface area contributed by atoms with E-state index >= 15 is 0 Å². The summed E-state index contributed by atoms with van der Waals surface area (Å²) in [6.45, 7) is 1.34. The molecular formula is C15H14F3N3S. The molecule has 0 atom stereocenters. The predicted molar refractivity (Wildman–Crippen MR) is 80.8 cm³/mol. The first kappa shape index (κ1) is 15.0. The maximum Gasteiger partial charge on any atom is 0.445 e. The maximum absolute atomic E-state index is 12.6. The van der Waals surface area contributed by atoms with Crippen molar-refractivity contribution in [1.82, 2.24) is 10.2 Å². The van der Waals surface area contributed by atoms with Gasteiger partial charge in [0.2, 0.25) is 10.1 Å². The van der Waals surface area contributed by atoms with Crippen LogP contribution in [0, 0.1) is 0 Å². The number of hydrogen-bond acceptors (Lipinski definition) is 4. The van der Waals surface area contributed by atoms with E-state index in [1.165, 1.54) is 5.57 Å². The van der Waals surface area contributed by atoms with Gasteiger partial charge in [-0.2, -0.15) is 13.2 Å². The second-order valence-electron chi connectivity index (χ2n) is 5.09. The molecular weight excluding hydrogens is 311 g/mol. The lowest BCUT2D eigenvalue weighted by molar-refractivity contribution is -0.138. The first-order valence-corrected chi connectivity index (χ1v) is 7.74. The van der Waals surface area contributed by atoms with E-state index in [9.17, 15) is 13.2 Å². The summed E-state index contributed by atoms with van der Waals surface area (Å²) >= 11 is 0.611. The first-order valence-electron chi connectivity index (χ1n) is 6.92. The van der Waals surface area contributed by atoms with Crippen LogP contribution in [0.5, 0.6) is 0 Å². The number of anilines is 1. The topological polar surface area (TPSA) is 29.0 Å².